The van der Waals surface area contributed by atoms with E-state index in [0.29, 0.717) is 6.04 Å². The number of rotatable bonds is 3. The highest BCUT2D eigenvalue weighted by molar-refractivity contribution is 5.79. The average Bonchev–Trinajstić information content (AvgIpc) is 3.12. The molecule has 1 fully saturated rings. The summed E-state index contributed by atoms with van der Waals surface area (Å²) in [4.78, 5) is 2.62. The van der Waals surface area contributed by atoms with Gasteiger partial charge in [0.25, 0.3) is 0 Å². The maximum Gasteiger partial charge on any atom is 0.0615 e. The molecule has 3 nitrogen and oxygen atoms in total. The third-order valence-corrected chi connectivity index (χ3v) is 6.60. The number of hydrogen-bond acceptors (Lipinski definition) is 3. The van der Waals surface area contributed by atoms with E-state index in [1.54, 1.807) is 0 Å². The summed E-state index contributed by atoms with van der Waals surface area (Å²) in [5.74, 6) is 0. The highest BCUT2D eigenvalue weighted by Crippen LogP contribution is 2.46. The monoisotopic (exact) mass is 409 g/mol. The van der Waals surface area contributed by atoms with Crippen molar-refractivity contribution < 1.29 is 0 Å². The van der Waals surface area contributed by atoms with Gasteiger partial charge in [0, 0.05) is 26.2 Å². The minimum atomic E-state index is 0.184. The van der Waals surface area contributed by atoms with Crippen LogP contribution >= 0.6 is 0 Å². The summed E-state index contributed by atoms with van der Waals surface area (Å²) in [6.45, 7) is 10.7. The second kappa shape index (κ2) is 7.97. The molecule has 0 aromatic heterocycles. The van der Waals surface area contributed by atoms with Crippen molar-refractivity contribution in [2.45, 2.75) is 32.2 Å². The molecule has 0 saturated carbocycles. The van der Waals surface area contributed by atoms with Gasteiger partial charge in [0.15, 0.2) is 0 Å². The Labute approximate surface area is 186 Å². The smallest absolute Gasteiger partial charge is 0.0615 e. The molecule has 0 spiro atoms. The molecule has 3 aromatic carbocycles. The minimum Gasteiger partial charge on any atom is -0.294 e. The topological polar surface area (TPSA) is 18.8 Å². The second-order valence-corrected chi connectivity index (χ2v) is 9.68. The van der Waals surface area contributed by atoms with Crippen LogP contribution in [-0.2, 0) is 5.41 Å². The van der Waals surface area contributed by atoms with Gasteiger partial charge in [0.2, 0.25) is 0 Å². The Morgan fingerprint density at radius 3 is 1.84 bits per heavy atom. The summed E-state index contributed by atoms with van der Waals surface area (Å²) in [5, 5.41) is 6.99. The van der Waals surface area contributed by atoms with Crippen molar-refractivity contribution in [2.24, 2.45) is 5.10 Å². The van der Waals surface area contributed by atoms with E-state index in [0.717, 1.165) is 31.7 Å². The van der Waals surface area contributed by atoms with Crippen LogP contribution in [-0.4, -0.2) is 42.3 Å². The van der Waals surface area contributed by atoms with Crippen molar-refractivity contribution in [2.75, 3.05) is 26.2 Å². The molecular formula is C28H31N3. The largest absolute Gasteiger partial charge is 0.294 e. The van der Waals surface area contributed by atoms with Gasteiger partial charge in [-0.25, -0.2) is 0 Å². The number of hydrazone groups is 1. The summed E-state index contributed by atoms with van der Waals surface area (Å²) >= 11 is 0. The molecule has 1 heterocycles. The summed E-state index contributed by atoms with van der Waals surface area (Å²) in [7, 11) is 0. The maximum absolute atomic E-state index is 4.78. The van der Waals surface area contributed by atoms with Crippen molar-refractivity contribution in [1.82, 2.24) is 9.91 Å². The van der Waals surface area contributed by atoms with Crippen LogP contribution in [0, 0.1) is 0 Å². The van der Waals surface area contributed by atoms with Crippen LogP contribution in [0.3, 0.4) is 0 Å². The van der Waals surface area contributed by atoms with Gasteiger partial charge in [-0.15, -0.1) is 0 Å². The molecular weight excluding hydrogens is 378 g/mol. The van der Waals surface area contributed by atoms with Crippen molar-refractivity contribution in [3.05, 3.63) is 95.1 Å². The highest BCUT2D eigenvalue weighted by atomic mass is 15.5. The molecule has 31 heavy (non-hydrogen) atoms. The number of fused-ring (bicyclic) bond motifs is 3. The number of nitrogens with zero attached hydrogens (tertiary/aromatic N) is 3. The van der Waals surface area contributed by atoms with Gasteiger partial charge in [-0.1, -0.05) is 93.6 Å². The van der Waals surface area contributed by atoms with Gasteiger partial charge in [-0.3, -0.25) is 9.91 Å². The van der Waals surface area contributed by atoms with E-state index in [1.807, 2.05) is 6.21 Å². The quantitative estimate of drug-likeness (QED) is 0.516. The number of hydrogen-bond donors (Lipinski definition) is 0. The molecule has 1 aliphatic heterocycles. The molecule has 0 atom stereocenters. The van der Waals surface area contributed by atoms with Crippen molar-refractivity contribution in [3.8, 4) is 11.1 Å². The lowest BCUT2D eigenvalue weighted by molar-refractivity contribution is 0.114. The second-order valence-electron chi connectivity index (χ2n) is 9.68. The number of piperazine rings is 1. The molecule has 0 N–H and O–H groups in total. The summed E-state index contributed by atoms with van der Waals surface area (Å²) in [6.07, 6.45) is 2.00. The molecule has 3 heteroatoms. The predicted molar refractivity (Wildman–Crippen MR) is 130 cm³/mol. The van der Waals surface area contributed by atoms with Crippen LogP contribution in [0.2, 0.25) is 0 Å². The van der Waals surface area contributed by atoms with Gasteiger partial charge in [0.1, 0.15) is 0 Å². The fourth-order valence-corrected chi connectivity index (χ4v) is 4.82. The zero-order valence-electron chi connectivity index (χ0n) is 18.8. The third-order valence-electron chi connectivity index (χ3n) is 6.60. The molecule has 2 aliphatic rings. The maximum atomic E-state index is 4.78. The zero-order chi connectivity index (χ0) is 21.4. The van der Waals surface area contributed by atoms with Gasteiger partial charge < -0.3 is 0 Å². The molecule has 1 saturated heterocycles. The van der Waals surface area contributed by atoms with Gasteiger partial charge in [-0.05, 0) is 38.8 Å². The number of benzene rings is 3. The van der Waals surface area contributed by atoms with Crippen molar-refractivity contribution in [3.63, 3.8) is 0 Å². The molecule has 3 aromatic rings. The Balaban J connectivity index is 1.27. The standard InChI is InChI=1S/C28H31N3/c1-28(2,3)22-14-12-21(13-15-22)20-29-31-18-16-30(17-19-31)27-25-10-6-4-8-23(25)24-9-5-7-11-26(24)27/h4-15,20,27H,16-19H2,1-3H3/b29-20+. The molecule has 0 amide bonds. The molecule has 158 valence electrons. The zero-order valence-corrected chi connectivity index (χ0v) is 18.8. The normalized spacial score (nSPS) is 17.2. The molecule has 0 unspecified atom stereocenters. The van der Waals surface area contributed by atoms with Crippen molar-refractivity contribution >= 4 is 6.21 Å². The van der Waals surface area contributed by atoms with Gasteiger partial charge >= 0.3 is 0 Å². The van der Waals surface area contributed by atoms with Crippen LogP contribution in [0.25, 0.3) is 11.1 Å². The van der Waals surface area contributed by atoms with Crippen LogP contribution in [0.1, 0.15) is 49.1 Å². The Morgan fingerprint density at radius 2 is 1.29 bits per heavy atom. The van der Waals surface area contributed by atoms with E-state index in [4.69, 9.17) is 5.10 Å². The summed E-state index contributed by atoms with van der Waals surface area (Å²) in [5.41, 5.74) is 8.37. The van der Waals surface area contributed by atoms with E-state index >= 15 is 0 Å². The van der Waals surface area contributed by atoms with Crippen LogP contribution in [0.15, 0.2) is 77.9 Å². The lowest BCUT2D eigenvalue weighted by Crippen LogP contribution is -2.45. The fraction of sp³-hybridized carbons (Fsp3) is 0.321. The Morgan fingerprint density at radius 1 is 0.742 bits per heavy atom. The first-order valence-corrected chi connectivity index (χ1v) is 11.3. The van der Waals surface area contributed by atoms with E-state index < -0.39 is 0 Å². The Hall–Kier alpha value is -2.91. The molecule has 0 radical (unpaired) electrons. The van der Waals surface area contributed by atoms with Crippen LogP contribution in [0.4, 0.5) is 0 Å². The predicted octanol–water partition coefficient (Wildman–Crippen LogP) is 5.71. The van der Waals surface area contributed by atoms with E-state index in [2.05, 4.69) is 103 Å². The van der Waals surface area contributed by atoms with Gasteiger partial charge in [-0.2, -0.15) is 5.10 Å². The lowest BCUT2D eigenvalue weighted by atomic mass is 9.87. The van der Waals surface area contributed by atoms with Crippen molar-refractivity contribution in [1.29, 1.82) is 0 Å². The fourth-order valence-electron chi connectivity index (χ4n) is 4.82. The average molecular weight is 410 g/mol. The highest BCUT2D eigenvalue weighted by Gasteiger charge is 2.33. The van der Waals surface area contributed by atoms with E-state index in [1.165, 1.54) is 27.8 Å². The first-order valence-electron chi connectivity index (χ1n) is 11.3. The summed E-state index contributed by atoms with van der Waals surface area (Å²) < 4.78 is 0. The SMILES string of the molecule is CC(C)(C)c1ccc(/C=N/N2CCN(C3c4ccccc4-c4ccccc43)CC2)cc1. The van der Waals surface area contributed by atoms with Crippen LogP contribution in [0.5, 0.6) is 0 Å². The minimum absolute atomic E-state index is 0.184. The molecule has 5 rings (SSSR count). The first-order chi connectivity index (χ1) is 15.0. The first kappa shape index (κ1) is 20.0. The van der Waals surface area contributed by atoms with Crippen LogP contribution < -0.4 is 0 Å². The molecule has 1 aliphatic carbocycles. The Bertz CT molecular complexity index is 1040. The lowest BCUT2D eigenvalue weighted by Gasteiger charge is -2.37. The third kappa shape index (κ3) is 3.90. The molecule has 0 bridgehead atoms. The van der Waals surface area contributed by atoms with E-state index in [9.17, 15) is 0 Å². The Kier molecular flexibility index (Phi) is 5.15. The summed E-state index contributed by atoms with van der Waals surface area (Å²) in [6, 6.07) is 26.9. The van der Waals surface area contributed by atoms with Gasteiger partial charge in [0.05, 0.1) is 12.3 Å². The van der Waals surface area contributed by atoms with E-state index in [-0.39, 0.29) is 5.41 Å².